The van der Waals surface area contributed by atoms with E-state index in [0.717, 1.165) is 29.8 Å². The molecule has 28 heavy (non-hydrogen) atoms. The number of anilines is 1. The van der Waals surface area contributed by atoms with E-state index < -0.39 is 27.5 Å². The van der Waals surface area contributed by atoms with Crippen molar-refractivity contribution in [2.75, 3.05) is 5.32 Å². The zero-order valence-electron chi connectivity index (χ0n) is 14.7. The Balaban J connectivity index is 2.08. The molecule has 0 aromatic heterocycles. The van der Waals surface area contributed by atoms with Crippen molar-refractivity contribution in [2.45, 2.75) is 11.8 Å². The summed E-state index contributed by atoms with van der Waals surface area (Å²) in [6.07, 6.45) is 0. The van der Waals surface area contributed by atoms with Gasteiger partial charge in [-0.25, -0.2) is 18.5 Å². The van der Waals surface area contributed by atoms with Gasteiger partial charge in [0.1, 0.15) is 16.5 Å². The molecule has 0 amide bonds. The molecule has 0 aliphatic heterocycles. The third-order valence-corrected chi connectivity index (χ3v) is 5.26. The number of benzene rings is 3. The lowest BCUT2D eigenvalue weighted by molar-refractivity contribution is -0.266. The second-order valence-corrected chi connectivity index (χ2v) is 7.73. The van der Waals surface area contributed by atoms with Crippen LogP contribution in [0.2, 0.25) is 0 Å². The third kappa shape index (κ3) is 4.58. The molecule has 0 aliphatic rings. The standard InChI is InChI=1S/C20H15F3N2O2S/c1-13-2-9-17(10-3-13)28(26,27)25-20(14-4-6-15(21)7-5-14)24-19-11-8-16(22)12-18(19)23/h2-12H,1H3,(H,24,25)/p+1. The summed E-state index contributed by atoms with van der Waals surface area (Å²) in [5.74, 6) is -2.30. The van der Waals surface area contributed by atoms with Crippen LogP contribution in [0.3, 0.4) is 0 Å². The van der Waals surface area contributed by atoms with Crippen molar-refractivity contribution in [1.29, 1.82) is 0 Å². The fraction of sp³-hybridized carbons (Fsp3) is 0.0500. The van der Waals surface area contributed by atoms with Crippen LogP contribution in [0.25, 0.3) is 0 Å². The van der Waals surface area contributed by atoms with Gasteiger partial charge in [0.05, 0.1) is 5.56 Å². The average molecular weight is 405 g/mol. The Morgan fingerprint density at radius 2 is 1.46 bits per heavy atom. The minimum atomic E-state index is -4.02. The minimum Gasteiger partial charge on any atom is -0.237 e. The van der Waals surface area contributed by atoms with Crippen LogP contribution >= 0.6 is 0 Å². The van der Waals surface area contributed by atoms with Gasteiger partial charge in [0.25, 0.3) is 5.84 Å². The van der Waals surface area contributed by atoms with E-state index in [1.807, 2.05) is 6.92 Å². The average Bonchev–Trinajstić information content (AvgIpc) is 2.64. The maximum atomic E-state index is 14.0. The highest BCUT2D eigenvalue weighted by atomic mass is 32.2. The monoisotopic (exact) mass is 405 g/mol. The highest BCUT2D eigenvalue weighted by Crippen LogP contribution is 2.16. The first-order chi connectivity index (χ1) is 13.2. The molecule has 0 saturated carbocycles. The van der Waals surface area contributed by atoms with Crippen molar-refractivity contribution < 1.29 is 26.0 Å². The van der Waals surface area contributed by atoms with Crippen molar-refractivity contribution in [2.24, 2.45) is 0 Å². The van der Waals surface area contributed by atoms with E-state index in [4.69, 9.17) is 0 Å². The maximum absolute atomic E-state index is 14.0. The quantitative estimate of drug-likeness (QED) is 0.518. The number of rotatable bonds is 4. The Bertz CT molecular complexity index is 1130. The van der Waals surface area contributed by atoms with Crippen LogP contribution in [-0.4, -0.2) is 14.3 Å². The van der Waals surface area contributed by atoms with E-state index in [9.17, 15) is 21.6 Å². The molecule has 0 fully saturated rings. The van der Waals surface area contributed by atoms with E-state index >= 15 is 0 Å². The Labute approximate surface area is 160 Å². The van der Waals surface area contributed by atoms with Crippen LogP contribution in [0.15, 0.2) is 71.6 Å². The summed E-state index contributed by atoms with van der Waals surface area (Å²) in [5.41, 5.74) is 1.00. The second kappa shape index (κ2) is 7.85. The molecule has 0 bridgehead atoms. The summed E-state index contributed by atoms with van der Waals surface area (Å²) in [6.45, 7) is 1.82. The van der Waals surface area contributed by atoms with Gasteiger partial charge in [-0.2, -0.15) is 12.8 Å². The molecule has 0 spiro atoms. The zero-order valence-corrected chi connectivity index (χ0v) is 15.5. The Hall–Kier alpha value is -3.13. The number of hydrogen-bond acceptors (Lipinski definition) is 2. The van der Waals surface area contributed by atoms with E-state index in [-0.39, 0.29) is 22.0 Å². The number of aryl methyl sites for hydroxylation is 1. The van der Waals surface area contributed by atoms with Crippen LogP contribution in [0.1, 0.15) is 11.1 Å². The SMILES string of the molecule is Cc1ccc(S(=O)(=O)[NH+]=C(Nc2ccc(F)cc2F)c2ccc(F)cc2)cc1. The summed E-state index contributed by atoms with van der Waals surface area (Å²) in [6, 6.07) is 13.9. The van der Waals surface area contributed by atoms with Crippen molar-refractivity contribution in [3.63, 3.8) is 0 Å². The van der Waals surface area contributed by atoms with Crippen molar-refractivity contribution in [3.8, 4) is 0 Å². The fourth-order valence-corrected chi connectivity index (χ4v) is 3.46. The van der Waals surface area contributed by atoms with Crippen LogP contribution in [0.5, 0.6) is 0 Å². The maximum Gasteiger partial charge on any atom is 0.328 e. The molecular formula is C20H16F3N2O2S+. The lowest BCUT2D eigenvalue weighted by Gasteiger charge is -2.06. The van der Waals surface area contributed by atoms with Crippen molar-refractivity contribution in [3.05, 3.63) is 95.3 Å². The van der Waals surface area contributed by atoms with Gasteiger partial charge in [0.2, 0.25) is 0 Å². The predicted molar refractivity (Wildman–Crippen MR) is 99.8 cm³/mol. The van der Waals surface area contributed by atoms with Gasteiger partial charge in [-0.15, -0.1) is 0 Å². The first-order valence-corrected chi connectivity index (χ1v) is 9.67. The summed E-state index contributed by atoms with van der Waals surface area (Å²) in [4.78, 5) is -0.000843. The van der Waals surface area contributed by atoms with E-state index in [2.05, 4.69) is 9.71 Å². The van der Waals surface area contributed by atoms with Gasteiger partial charge >= 0.3 is 10.0 Å². The molecule has 0 saturated heterocycles. The van der Waals surface area contributed by atoms with Crippen LogP contribution in [0, 0.1) is 24.4 Å². The van der Waals surface area contributed by atoms with E-state index in [0.29, 0.717) is 6.07 Å². The Morgan fingerprint density at radius 3 is 2.07 bits per heavy atom. The highest BCUT2D eigenvalue weighted by Gasteiger charge is 2.22. The van der Waals surface area contributed by atoms with Crippen LogP contribution in [-0.2, 0) is 10.0 Å². The molecule has 0 unspecified atom stereocenters. The summed E-state index contributed by atoms with van der Waals surface area (Å²) >= 11 is 0. The molecule has 3 aromatic carbocycles. The molecule has 0 radical (unpaired) electrons. The molecule has 0 aliphatic carbocycles. The highest BCUT2D eigenvalue weighted by molar-refractivity contribution is 7.84. The lowest BCUT2D eigenvalue weighted by Crippen LogP contribution is -2.78. The summed E-state index contributed by atoms with van der Waals surface area (Å²) < 4.78 is 68.2. The molecular weight excluding hydrogens is 389 g/mol. The summed E-state index contributed by atoms with van der Waals surface area (Å²) in [5, 5.41) is 2.61. The number of hydrogen-bond donors (Lipinski definition) is 2. The minimum absolute atomic E-state index is 0.000843. The van der Waals surface area contributed by atoms with Gasteiger partial charge in [0, 0.05) is 6.07 Å². The summed E-state index contributed by atoms with van der Waals surface area (Å²) in [7, 11) is -4.02. The second-order valence-electron chi connectivity index (χ2n) is 6.05. The van der Waals surface area contributed by atoms with Crippen molar-refractivity contribution >= 4 is 21.5 Å². The molecule has 0 atom stereocenters. The zero-order chi connectivity index (χ0) is 20.3. The lowest BCUT2D eigenvalue weighted by atomic mass is 10.2. The first kappa shape index (κ1) is 19.6. The third-order valence-electron chi connectivity index (χ3n) is 3.89. The number of nitrogens with one attached hydrogen (secondary N) is 2. The molecule has 2 N–H and O–H groups in total. The fourth-order valence-electron chi connectivity index (χ4n) is 2.41. The van der Waals surface area contributed by atoms with Gasteiger partial charge in [-0.3, -0.25) is 0 Å². The number of halogens is 3. The molecule has 3 rings (SSSR count). The van der Waals surface area contributed by atoms with Gasteiger partial charge in [-0.05, 0) is 55.5 Å². The molecule has 4 nitrogen and oxygen atoms in total. The smallest absolute Gasteiger partial charge is 0.237 e. The molecule has 0 heterocycles. The normalized spacial score (nSPS) is 12.1. The molecule has 144 valence electrons. The van der Waals surface area contributed by atoms with Gasteiger partial charge < -0.3 is 0 Å². The van der Waals surface area contributed by atoms with E-state index in [1.54, 1.807) is 12.1 Å². The largest absolute Gasteiger partial charge is 0.328 e. The van der Waals surface area contributed by atoms with Gasteiger partial charge in [-0.1, -0.05) is 17.7 Å². The van der Waals surface area contributed by atoms with Crippen LogP contribution in [0.4, 0.5) is 18.9 Å². The Morgan fingerprint density at radius 1 is 0.857 bits per heavy atom. The topological polar surface area (TPSA) is 60.1 Å². The van der Waals surface area contributed by atoms with E-state index in [1.165, 1.54) is 24.3 Å². The molecule has 3 aromatic rings. The predicted octanol–water partition coefficient (Wildman–Crippen LogP) is 2.74. The Kier molecular flexibility index (Phi) is 5.51. The first-order valence-electron chi connectivity index (χ1n) is 8.19. The number of amidine groups is 1. The number of sulfonamides is 1. The molecule has 8 heteroatoms. The van der Waals surface area contributed by atoms with Crippen molar-refractivity contribution in [1.82, 2.24) is 0 Å². The van der Waals surface area contributed by atoms with Crippen LogP contribution < -0.4 is 9.71 Å². The van der Waals surface area contributed by atoms with Gasteiger partial charge in [0.15, 0.2) is 11.5 Å².